The number of benzene rings is 1. The molecule has 0 aromatic heterocycles. The highest BCUT2D eigenvalue weighted by molar-refractivity contribution is 5.97. The number of rotatable bonds is 4. The number of nitro benzene ring substituents is 1. The zero-order valence-electron chi connectivity index (χ0n) is 11.0. The van der Waals surface area contributed by atoms with Crippen molar-refractivity contribution in [1.82, 2.24) is 5.32 Å². The van der Waals surface area contributed by atoms with Gasteiger partial charge in [0.15, 0.2) is 0 Å². The lowest BCUT2D eigenvalue weighted by atomic mass is 10.1. The summed E-state index contributed by atoms with van der Waals surface area (Å²) in [7, 11) is 1.80. The first-order valence-electron chi connectivity index (χ1n) is 6.28. The van der Waals surface area contributed by atoms with Crippen LogP contribution in [0.25, 0.3) is 0 Å². The number of nitro groups is 1. The highest BCUT2D eigenvalue weighted by atomic mass is 16.6. The predicted molar refractivity (Wildman–Crippen MR) is 72.2 cm³/mol. The summed E-state index contributed by atoms with van der Waals surface area (Å²) >= 11 is 0. The van der Waals surface area contributed by atoms with Gasteiger partial charge in [0.2, 0.25) is 5.91 Å². The minimum Gasteiger partial charge on any atom is -0.319 e. The molecule has 6 nitrogen and oxygen atoms in total. The lowest BCUT2D eigenvalue weighted by Crippen LogP contribution is -2.37. The van der Waals surface area contributed by atoms with Gasteiger partial charge in [0, 0.05) is 25.1 Å². The van der Waals surface area contributed by atoms with Crippen LogP contribution in [0.1, 0.15) is 12.5 Å². The van der Waals surface area contributed by atoms with Crippen LogP contribution in [0.5, 0.6) is 0 Å². The maximum Gasteiger partial charge on any atom is 0.274 e. The van der Waals surface area contributed by atoms with Crippen LogP contribution in [0.15, 0.2) is 18.2 Å². The molecule has 1 aromatic rings. The highest BCUT2D eigenvalue weighted by Crippen LogP contribution is 2.35. The van der Waals surface area contributed by atoms with Crippen LogP contribution in [-0.2, 0) is 11.2 Å². The van der Waals surface area contributed by atoms with Gasteiger partial charge in [-0.2, -0.15) is 0 Å². The average Bonchev–Trinajstić information content (AvgIpc) is 2.81. The molecule has 1 heterocycles. The molecule has 0 saturated heterocycles. The van der Waals surface area contributed by atoms with Crippen molar-refractivity contribution in [3.63, 3.8) is 0 Å². The fourth-order valence-corrected chi connectivity index (χ4v) is 2.48. The first kappa shape index (κ1) is 13.5. The molecule has 1 aliphatic heterocycles. The topological polar surface area (TPSA) is 75.5 Å². The SMILES string of the molecule is CNCC(C)C(=O)N1CCc2c1cccc2[N+](=O)[O-]. The Morgan fingerprint density at radius 2 is 2.32 bits per heavy atom. The maximum absolute atomic E-state index is 12.3. The van der Waals surface area contributed by atoms with Crippen LogP contribution in [0.3, 0.4) is 0 Å². The Labute approximate surface area is 111 Å². The van der Waals surface area contributed by atoms with E-state index < -0.39 is 0 Å². The van der Waals surface area contributed by atoms with Crippen LogP contribution in [0.2, 0.25) is 0 Å². The van der Waals surface area contributed by atoms with Gasteiger partial charge in [0.1, 0.15) is 0 Å². The van der Waals surface area contributed by atoms with Crippen molar-refractivity contribution in [2.24, 2.45) is 5.92 Å². The molecule has 0 radical (unpaired) electrons. The summed E-state index contributed by atoms with van der Waals surface area (Å²) in [5, 5.41) is 13.9. The monoisotopic (exact) mass is 263 g/mol. The number of hydrogen-bond donors (Lipinski definition) is 1. The summed E-state index contributed by atoms with van der Waals surface area (Å²) < 4.78 is 0. The lowest BCUT2D eigenvalue weighted by molar-refractivity contribution is -0.385. The molecule has 102 valence electrons. The number of nitrogens with one attached hydrogen (secondary N) is 1. The molecule has 1 aromatic carbocycles. The Morgan fingerprint density at radius 3 is 2.95 bits per heavy atom. The van der Waals surface area contributed by atoms with Gasteiger partial charge in [-0.25, -0.2) is 0 Å². The first-order valence-corrected chi connectivity index (χ1v) is 6.28. The Kier molecular flexibility index (Phi) is 3.80. The standard InChI is InChI=1S/C13H17N3O3/c1-9(8-14-2)13(17)15-7-6-10-11(15)4-3-5-12(10)16(18)19/h3-5,9,14H,6-8H2,1-2H3. The van der Waals surface area contributed by atoms with E-state index in [0.29, 0.717) is 30.8 Å². The number of carbonyl (C=O) groups is 1. The van der Waals surface area contributed by atoms with Crippen LogP contribution < -0.4 is 10.2 Å². The molecule has 1 unspecified atom stereocenters. The number of amides is 1. The van der Waals surface area contributed by atoms with E-state index in [2.05, 4.69) is 5.32 Å². The molecule has 1 amide bonds. The number of carbonyl (C=O) groups excluding carboxylic acids is 1. The molecule has 0 spiro atoms. The molecule has 6 heteroatoms. The molecule has 19 heavy (non-hydrogen) atoms. The van der Waals surface area contributed by atoms with E-state index in [1.54, 1.807) is 24.1 Å². The van der Waals surface area contributed by atoms with Crippen molar-refractivity contribution >= 4 is 17.3 Å². The van der Waals surface area contributed by atoms with Crippen LogP contribution in [-0.4, -0.2) is 31.0 Å². The van der Waals surface area contributed by atoms with Gasteiger partial charge in [-0.1, -0.05) is 13.0 Å². The van der Waals surface area contributed by atoms with Gasteiger partial charge in [0.05, 0.1) is 16.2 Å². The van der Waals surface area contributed by atoms with Gasteiger partial charge in [-0.05, 0) is 19.5 Å². The van der Waals surface area contributed by atoms with E-state index in [4.69, 9.17) is 0 Å². The Hall–Kier alpha value is -1.95. The Bertz CT molecular complexity index is 516. The molecule has 0 aliphatic carbocycles. The van der Waals surface area contributed by atoms with E-state index in [0.717, 1.165) is 0 Å². The highest BCUT2D eigenvalue weighted by Gasteiger charge is 2.31. The lowest BCUT2D eigenvalue weighted by Gasteiger charge is -2.21. The zero-order valence-corrected chi connectivity index (χ0v) is 11.0. The number of fused-ring (bicyclic) bond motifs is 1. The molecular formula is C13H17N3O3. The third kappa shape index (κ3) is 2.44. The maximum atomic E-state index is 12.3. The van der Waals surface area contributed by atoms with Gasteiger partial charge in [-0.3, -0.25) is 14.9 Å². The van der Waals surface area contributed by atoms with E-state index in [1.807, 2.05) is 6.92 Å². The third-order valence-electron chi connectivity index (χ3n) is 3.40. The summed E-state index contributed by atoms with van der Waals surface area (Å²) in [6.45, 7) is 2.97. The van der Waals surface area contributed by atoms with Crippen LogP contribution >= 0.6 is 0 Å². The molecule has 2 rings (SSSR count). The molecule has 1 atom stereocenters. The number of hydrogen-bond acceptors (Lipinski definition) is 4. The summed E-state index contributed by atoms with van der Waals surface area (Å²) in [4.78, 5) is 24.5. The molecule has 0 fully saturated rings. The fourth-order valence-electron chi connectivity index (χ4n) is 2.48. The van der Waals surface area contributed by atoms with Crippen molar-refractivity contribution < 1.29 is 9.72 Å². The molecular weight excluding hydrogens is 246 g/mol. The smallest absolute Gasteiger partial charge is 0.274 e. The molecule has 1 N–H and O–H groups in total. The summed E-state index contributed by atoms with van der Waals surface area (Å²) in [5.41, 5.74) is 1.45. The van der Waals surface area contributed by atoms with Crippen molar-refractivity contribution in [3.05, 3.63) is 33.9 Å². The van der Waals surface area contributed by atoms with Gasteiger partial charge in [-0.15, -0.1) is 0 Å². The quantitative estimate of drug-likeness (QED) is 0.657. The zero-order chi connectivity index (χ0) is 14.0. The normalized spacial score (nSPS) is 15.2. The minimum absolute atomic E-state index is 0.00796. The van der Waals surface area contributed by atoms with Crippen molar-refractivity contribution in [3.8, 4) is 0 Å². The van der Waals surface area contributed by atoms with Crippen molar-refractivity contribution in [2.45, 2.75) is 13.3 Å². The summed E-state index contributed by atoms with van der Waals surface area (Å²) in [5.74, 6) is -0.135. The van der Waals surface area contributed by atoms with Crippen LogP contribution in [0, 0.1) is 16.0 Å². The number of nitrogens with zero attached hydrogens (tertiary/aromatic N) is 2. The summed E-state index contributed by atoms with van der Waals surface area (Å²) in [6, 6.07) is 4.90. The second-order valence-corrected chi connectivity index (χ2v) is 4.73. The van der Waals surface area contributed by atoms with Gasteiger partial charge in [0.25, 0.3) is 5.69 Å². The predicted octanol–water partition coefficient (Wildman–Crippen LogP) is 1.34. The molecule has 0 bridgehead atoms. The third-order valence-corrected chi connectivity index (χ3v) is 3.40. The van der Waals surface area contributed by atoms with Crippen LogP contribution in [0.4, 0.5) is 11.4 Å². The first-order chi connectivity index (χ1) is 9.06. The number of anilines is 1. The van der Waals surface area contributed by atoms with E-state index in [1.165, 1.54) is 6.07 Å². The van der Waals surface area contributed by atoms with Crippen molar-refractivity contribution in [2.75, 3.05) is 25.0 Å². The summed E-state index contributed by atoms with van der Waals surface area (Å²) in [6.07, 6.45) is 0.546. The van der Waals surface area contributed by atoms with E-state index in [-0.39, 0.29) is 22.4 Å². The molecule has 1 aliphatic rings. The molecule has 0 saturated carbocycles. The Balaban J connectivity index is 2.30. The van der Waals surface area contributed by atoms with E-state index >= 15 is 0 Å². The Morgan fingerprint density at radius 1 is 1.58 bits per heavy atom. The van der Waals surface area contributed by atoms with Gasteiger partial charge >= 0.3 is 0 Å². The van der Waals surface area contributed by atoms with Gasteiger partial charge < -0.3 is 10.2 Å². The van der Waals surface area contributed by atoms with Crippen molar-refractivity contribution in [1.29, 1.82) is 0 Å². The minimum atomic E-state index is -0.385. The van der Waals surface area contributed by atoms with E-state index in [9.17, 15) is 14.9 Å². The second kappa shape index (κ2) is 5.36. The second-order valence-electron chi connectivity index (χ2n) is 4.73. The average molecular weight is 263 g/mol. The largest absolute Gasteiger partial charge is 0.319 e. The fraction of sp³-hybridized carbons (Fsp3) is 0.462.